The van der Waals surface area contributed by atoms with Crippen molar-refractivity contribution in [2.45, 2.75) is 20.0 Å². The molecule has 54 valence electrons. The fraction of sp³-hybridized carbons (Fsp3) is 0.429. The Morgan fingerprint density at radius 3 is 2.10 bits per heavy atom. The van der Waals surface area contributed by atoms with Crippen LogP contribution >= 0.6 is 0 Å². The van der Waals surface area contributed by atoms with E-state index in [-0.39, 0.29) is 5.78 Å². The molecule has 0 heterocycles. The normalized spacial score (nSPS) is 11.3. The van der Waals surface area contributed by atoms with Gasteiger partial charge in [-0.25, -0.2) is 0 Å². The summed E-state index contributed by atoms with van der Waals surface area (Å²) in [6.07, 6.45) is 3.86. The minimum atomic E-state index is -1.02. The highest BCUT2D eigenvalue weighted by molar-refractivity contribution is 5.85. The van der Waals surface area contributed by atoms with Crippen molar-refractivity contribution in [1.29, 1.82) is 0 Å². The van der Waals surface area contributed by atoms with Gasteiger partial charge < -0.3 is 4.74 Å². The maximum atomic E-state index is 10.5. The number of hydrogen-bond donors (Lipinski definition) is 0. The third kappa shape index (κ3) is 2.88. The van der Waals surface area contributed by atoms with Crippen LogP contribution in [0.15, 0.2) is 0 Å². The summed E-state index contributed by atoms with van der Waals surface area (Å²) in [6, 6.07) is 0. The van der Waals surface area contributed by atoms with Gasteiger partial charge in [-0.15, -0.1) is 6.42 Å². The van der Waals surface area contributed by atoms with E-state index in [1.165, 1.54) is 13.8 Å². The van der Waals surface area contributed by atoms with Gasteiger partial charge in [-0.05, 0) is 6.92 Å². The predicted molar refractivity (Wildman–Crippen MR) is 35.1 cm³/mol. The van der Waals surface area contributed by atoms with Gasteiger partial charge in [0.05, 0.1) is 0 Å². The van der Waals surface area contributed by atoms with E-state index in [2.05, 4.69) is 4.74 Å². The van der Waals surface area contributed by atoms with E-state index in [0.29, 0.717) is 0 Å². The molecule has 0 saturated carbocycles. The van der Waals surface area contributed by atoms with E-state index in [4.69, 9.17) is 6.42 Å². The van der Waals surface area contributed by atoms with Gasteiger partial charge in [-0.2, -0.15) is 0 Å². The molecule has 0 N–H and O–H groups in total. The third-order valence-corrected chi connectivity index (χ3v) is 0.804. The Morgan fingerprint density at radius 1 is 1.50 bits per heavy atom. The van der Waals surface area contributed by atoms with Crippen molar-refractivity contribution in [2.24, 2.45) is 0 Å². The molecule has 0 bridgehead atoms. The van der Waals surface area contributed by atoms with Crippen LogP contribution < -0.4 is 0 Å². The van der Waals surface area contributed by atoms with Crippen LogP contribution in [0.25, 0.3) is 0 Å². The van der Waals surface area contributed by atoms with Crippen molar-refractivity contribution >= 4 is 11.8 Å². The third-order valence-electron chi connectivity index (χ3n) is 0.804. The number of ketones is 1. The molecular formula is C7H8O3. The van der Waals surface area contributed by atoms with Crippen molar-refractivity contribution in [3.8, 4) is 12.3 Å². The second-order valence-electron chi connectivity index (χ2n) is 1.77. The summed E-state index contributed by atoms with van der Waals surface area (Å²) < 4.78 is 4.44. The van der Waals surface area contributed by atoms with Crippen LogP contribution in [0.1, 0.15) is 13.8 Å². The van der Waals surface area contributed by atoms with Crippen molar-refractivity contribution < 1.29 is 14.3 Å². The SMILES string of the molecule is C#CC(OC(C)=O)C(C)=O. The lowest BCUT2D eigenvalue weighted by Crippen LogP contribution is -2.21. The van der Waals surface area contributed by atoms with Crippen LogP contribution in [0, 0.1) is 12.3 Å². The van der Waals surface area contributed by atoms with Crippen LogP contribution in [0.4, 0.5) is 0 Å². The number of Topliss-reactive ketones (excluding diaryl/α,β-unsaturated/α-hetero) is 1. The Kier molecular flexibility index (Phi) is 3.20. The van der Waals surface area contributed by atoms with Gasteiger partial charge in [0.25, 0.3) is 0 Å². The standard InChI is InChI=1S/C7H8O3/c1-4-7(5(2)8)10-6(3)9/h1,7H,2-3H3. The van der Waals surface area contributed by atoms with E-state index in [9.17, 15) is 9.59 Å². The van der Waals surface area contributed by atoms with Crippen molar-refractivity contribution in [1.82, 2.24) is 0 Å². The molecule has 3 heteroatoms. The van der Waals surface area contributed by atoms with E-state index >= 15 is 0 Å². The Bertz CT molecular complexity index is 188. The summed E-state index contributed by atoms with van der Waals surface area (Å²) in [5.41, 5.74) is 0. The second kappa shape index (κ2) is 3.67. The molecule has 0 saturated heterocycles. The van der Waals surface area contributed by atoms with Gasteiger partial charge in [-0.1, -0.05) is 5.92 Å². The molecule has 3 nitrogen and oxygen atoms in total. The molecule has 0 amide bonds. The molecule has 10 heavy (non-hydrogen) atoms. The van der Waals surface area contributed by atoms with E-state index in [1.54, 1.807) is 0 Å². The summed E-state index contributed by atoms with van der Waals surface area (Å²) >= 11 is 0. The quantitative estimate of drug-likeness (QED) is 0.404. The van der Waals surface area contributed by atoms with E-state index < -0.39 is 12.1 Å². The van der Waals surface area contributed by atoms with Crippen LogP contribution in [0.2, 0.25) is 0 Å². The first kappa shape index (κ1) is 8.70. The number of terminal acetylenes is 1. The zero-order chi connectivity index (χ0) is 8.15. The first-order valence-corrected chi connectivity index (χ1v) is 2.71. The highest BCUT2D eigenvalue weighted by Crippen LogP contribution is 1.91. The smallest absolute Gasteiger partial charge is 0.304 e. The topological polar surface area (TPSA) is 43.4 Å². The zero-order valence-electron chi connectivity index (χ0n) is 5.88. The van der Waals surface area contributed by atoms with Gasteiger partial charge in [0.2, 0.25) is 6.10 Å². The zero-order valence-corrected chi connectivity index (χ0v) is 5.88. The van der Waals surface area contributed by atoms with Gasteiger partial charge in [0, 0.05) is 6.92 Å². The number of hydrogen-bond acceptors (Lipinski definition) is 3. The summed E-state index contributed by atoms with van der Waals surface area (Å²) in [5, 5.41) is 0. The van der Waals surface area contributed by atoms with E-state index in [0.717, 1.165) is 0 Å². The summed E-state index contributed by atoms with van der Waals surface area (Å²) in [5.74, 6) is 1.16. The lowest BCUT2D eigenvalue weighted by molar-refractivity contribution is -0.148. The van der Waals surface area contributed by atoms with E-state index in [1.807, 2.05) is 5.92 Å². The minimum absolute atomic E-state index is 0.335. The maximum absolute atomic E-state index is 10.5. The molecule has 0 spiro atoms. The first-order chi connectivity index (χ1) is 4.57. The lowest BCUT2D eigenvalue weighted by atomic mass is 10.3. The number of carbonyl (C=O) groups excluding carboxylic acids is 2. The molecule has 1 unspecified atom stereocenters. The van der Waals surface area contributed by atoms with Crippen LogP contribution in [-0.2, 0) is 14.3 Å². The van der Waals surface area contributed by atoms with Crippen molar-refractivity contribution in [3.63, 3.8) is 0 Å². The molecule has 0 aliphatic carbocycles. The second-order valence-corrected chi connectivity index (χ2v) is 1.77. The molecular weight excluding hydrogens is 132 g/mol. The number of rotatable bonds is 2. The highest BCUT2D eigenvalue weighted by Gasteiger charge is 2.12. The minimum Gasteiger partial charge on any atom is -0.441 e. The largest absolute Gasteiger partial charge is 0.441 e. The molecule has 0 fully saturated rings. The summed E-state index contributed by atoms with van der Waals surface area (Å²) in [6.45, 7) is 2.47. The predicted octanol–water partition coefficient (Wildman–Crippen LogP) is 0.140. The molecule has 0 aromatic carbocycles. The van der Waals surface area contributed by atoms with Crippen LogP contribution in [-0.4, -0.2) is 17.9 Å². The average Bonchev–Trinajstić information content (AvgIpc) is 1.81. The average molecular weight is 140 g/mol. The van der Waals surface area contributed by atoms with Crippen molar-refractivity contribution in [2.75, 3.05) is 0 Å². The first-order valence-electron chi connectivity index (χ1n) is 2.71. The summed E-state index contributed by atoms with van der Waals surface area (Å²) in [4.78, 5) is 20.7. The molecule has 0 aliphatic heterocycles. The Hall–Kier alpha value is -1.30. The molecule has 0 aromatic heterocycles. The molecule has 0 rings (SSSR count). The highest BCUT2D eigenvalue weighted by atomic mass is 16.5. The molecule has 0 radical (unpaired) electrons. The molecule has 0 aromatic rings. The fourth-order valence-corrected chi connectivity index (χ4v) is 0.400. The van der Waals surface area contributed by atoms with Gasteiger partial charge in [0.15, 0.2) is 5.78 Å². The van der Waals surface area contributed by atoms with Crippen LogP contribution in [0.5, 0.6) is 0 Å². The lowest BCUT2D eigenvalue weighted by Gasteiger charge is -2.04. The van der Waals surface area contributed by atoms with Gasteiger partial charge in [-0.3, -0.25) is 9.59 Å². The Balaban J connectivity index is 4.00. The maximum Gasteiger partial charge on any atom is 0.304 e. The van der Waals surface area contributed by atoms with Gasteiger partial charge in [0.1, 0.15) is 0 Å². The van der Waals surface area contributed by atoms with Gasteiger partial charge >= 0.3 is 5.97 Å². The number of ether oxygens (including phenoxy) is 1. The summed E-state index contributed by atoms with van der Waals surface area (Å²) in [7, 11) is 0. The van der Waals surface area contributed by atoms with Crippen LogP contribution in [0.3, 0.4) is 0 Å². The monoisotopic (exact) mass is 140 g/mol. The molecule has 0 aliphatic rings. The molecule has 1 atom stereocenters. The fourth-order valence-electron chi connectivity index (χ4n) is 0.400. The number of carbonyl (C=O) groups is 2. The number of esters is 1. The van der Waals surface area contributed by atoms with Crippen molar-refractivity contribution in [3.05, 3.63) is 0 Å². The Labute approximate surface area is 59.4 Å². The Morgan fingerprint density at radius 2 is 2.00 bits per heavy atom.